The monoisotopic (exact) mass is 352 g/mol. The molecule has 0 amide bonds. The van der Waals surface area contributed by atoms with E-state index in [4.69, 9.17) is 26.2 Å². The Kier molecular flexibility index (Phi) is 5.60. The molecule has 5 atom stereocenters. The number of aliphatic hydroxyl groups excluding tert-OH is 1. The van der Waals surface area contributed by atoms with Crippen LogP contribution in [0, 0.1) is 0 Å². The maximum absolute atomic E-state index is 11.2. The topological polar surface area (TPSA) is 100 Å². The number of nitrogens with one attached hydrogen (secondary N) is 1. The lowest BCUT2D eigenvalue weighted by Crippen LogP contribution is -2.51. The summed E-state index contributed by atoms with van der Waals surface area (Å²) in [5, 5.41) is 12.8. The minimum atomic E-state index is -3.57. The molecule has 0 aliphatic carbocycles. The molecule has 0 radical (unpaired) electrons. The molecule has 0 aromatic heterocycles. The summed E-state index contributed by atoms with van der Waals surface area (Å²) >= 11 is 5.20. The third-order valence-corrected chi connectivity index (χ3v) is 4.50. The van der Waals surface area contributed by atoms with Gasteiger partial charge in [-0.15, -0.1) is 0 Å². The van der Waals surface area contributed by atoms with Crippen molar-refractivity contribution in [3.05, 3.63) is 11.8 Å². The van der Waals surface area contributed by atoms with Gasteiger partial charge in [0.2, 0.25) is 0 Å². The van der Waals surface area contributed by atoms with Crippen molar-refractivity contribution >= 4 is 24.9 Å². The average Bonchev–Trinajstić information content (AvgIpc) is 2.83. The number of aliphatic hydroxyl groups is 1. The number of nitrogens with zero attached hydrogens (tertiary/aromatic N) is 1. The molecule has 0 spiro atoms. The highest BCUT2D eigenvalue weighted by molar-refractivity contribution is 7.80. The molecular weight excluding hydrogens is 331 g/mol. The molecule has 2 heterocycles. The van der Waals surface area contributed by atoms with Gasteiger partial charge in [0.15, 0.2) is 5.11 Å². The standard InChI is InChI=1S/C12H21N2O6PS/c1-7-5-14(12(22)13-11(7)15)10-4-8(18-2)9(20-10)6-19-21(3,16)17/h5,8-11,15H,4,6H2,1-3H3,(H,13,22)(H,16,17)/t8?,9-,10-,11?/m1/s1. The van der Waals surface area contributed by atoms with Gasteiger partial charge in [0, 0.05) is 26.4 Å². The lowest BCUT2D eigenvalue weighted by Gasteiger charge is -2.34. The number of hydrogen-bond donors (Lipinski definition) is 3. The van der Waals surface area contributed by atoms with Crippen molar-refractivity contribution in [2.24, 2.45) is 0 Å². The molecule has 0 aromatic rings. The van der Waals surface area contributed by atoms with Crippen molar-refractivity contribution in [2.75, 3.05) is 20.4 Å². The summed E-state index contributed by atoms with van der Waals surface area (Å²) in [7, 11) is -2.02. The van der Waals surface area contributed by atoms with Gasteiger partial charge in [0.1, 0.15) is 18.6 Å². The molecular formula is C12H21N2O6PS. The Morgan fingerprint density at radius 3 is 2.91 bits per heavy atom. The number of methoxy groups -OCH3 is 1. The molecule has 126 valence electrons. The maximum Gasteiger partial charge on any atom is 0.325 e. The molecule has 0 bridgehead atoms. The quantitative estimate of drug-likeness (QED) is 0.478. The largest absolute Gasteiger partial charge is 0.378 e. The average molecular weight is 352 g/mol. The van der Waals surface area contributed by atoms with E-state index in [1.807, 2.05) is 0 Å². The molecule has 2 aliphatic rings. The smallest absolute Gasteiger partial charge is 0.325 e. The van der Waals surface area contributed by atoms with E-state index >= 15 is 0 Å². The fraction of sp³-hybridized carbons (Fsp3) is 0.750. The molecule has 3 unspecified atom stereocenters. The number of rotatable bonds is 5. The Bertz CT molecular complexity index is 510. The van der Waals surface area contributed by atoms with Crippen LogP contribution in [0.5, 0.6) is 0 Å². The molecule has 3 N–H and O–H groups in total. The van der Waals surface area contributed by atoms with Crippen LogP contribution in [-0.2, 0) is 18.6 Å². The maximum atomic E-state index is 11.2. The summed E-state index contributed by atoms with van der Waals surface area (Å²) in [5.41, 5.74) is 0.708. The molecule has 0 aromatic carbocycles. The van der Waals surface area contributed by atoms with Gasteiger partial charge >= 0.3 is 7.60 Å². The van der Waals surface area contributed by atoms with Gasteiger partial charge in [-0.25, -0.2) is 0 Å². The third-order valence-electron chi connectivity index (χ3n) is 3.54. The molecule has 2 rings (SSSR count). The normalized spacial score (nSPS) is 35.0. The molecule has 8 nitrogen and oxygen atoms in total. The van der Waals surface area contributed by atoms with Crippen molar-refractivity contribution in [2.45, 2.75) is 38.0 Å². The van der Waals surface area contributed by atoms with Crippen LogP contribution >= 0.6 is 19.8 Å². The van der Waals surface area contributed by atoms with E-state index in [0.29, 0.717) is 17.1 Å². The molecule has 22 heavy (non-hydrogen) atoms. The Balaban J connectivity index is 2.05. The lowest BCUT2D eigenvalue weighted by molar-refractivity contribution is -0.0536. The highest BCUT2D eigenvalue weighted by Gasteiger charge is 2.40. The second kappa shape index (κ2) is 6.92. The van der Waals surface area contributed by atoms with Gasteiger partial charge in [-0.1, -0.05) is 0 Å². The first-order valence-corrected chi connectivity index (χ1v) is 9.23. The van der Waals surface area contributed by atoms with Crippen LogP contribution in [0.15, 0.2) is 11.8 Å². The van der Waals surface area contributed by atoms with E-state index in [1.54, 1.807) is 25.1 Å². The summed E-state index contributed by atoms with van der Waals surface area (Å²) in [5.74, 6) is 0. The predicted octanol–water partition coefficient (Wildman–Crippen LogP) is 0.360. The van der Waals surface area contributed by atoms with Crippen molar-refractivity contribution < 1.29 is 28.6 Å². The zero-order valence-electron chi connectivity index (χ0n) is 12.6. The zero-order chi connectivity index (χ0) is 16.5. The Morgan fingerprint density at radius 1 is 1.64 bits per heavy atom. The van der Waals surface area contributed by atoms with E-state index in [2.05, 4.69) is 5.32 Å². The van der Waals surface area contributed by atoms with Gasteiger partial charge in [-0.3, -0.25) is 9.46 Å². The van der Waals surface area contributed by atoms with Gasteiger partial charge < -0.3 is 29.3 Å². The number of ether oxygens (including phenoxy) is 2. The fourth-order valence-electron chi connectivity index (χ4n) is 2.35. The SMILES string of the molecule is COC1C[C@H](N2C=C(C)C(O)NC2=S)O[C@@H]1COP(C)(=O)O. The Morgan fingerprint density at radius 2 is 2.32 bits per heavy atom. The first-order chi connectivity index (χ1) is 10.2. The van der Waals surface area contributed by atoms with Gasteiger partial charge in [0.05, 0.1) is 12.7 Å². The van der Waals surface area contributed by atoms with E-state index in [-0.39, 0.29) is 12.7 Å². The number of thiocarbonyl (C=S) groups is 1. The van der Waals surface area contributed by atoms with Gasteiger partial charge in [-0.05, 0) is 24.7 Å². The summed E-state index contributed by atoms with van der Waals surface area (Å²) in [6, 6.07) is 0. The first-order valence-electron chi connectivity index (χ1n) is 6.79. The van der Waals surface area contributed by atoms with Gasteiger partial charge in [0.25, 0.3) is 0 Å². The van der Waals surface area contributed by atoms with E-state index in [9.17, 15) is 14.6 Å². The third kappa shape index (κ3) is 4.26. The summed E-state index contributed by atoms with van der Waals surface area (Å²) in [6.45, 7) is 2.85. The van der Waals surface area contributed by atoms with E-state index in [0.717, 1.165) is 6.66 Å². The van der Waals surface area contributed by atoms with Crippen LogP contribution in [-0.4, -0.2) is 65.1 Å². The van der Waals surface area contributed by atoms with Crippen molar-refractivity contribution in [3.63, 3.8) is 0 Å². The zero-order valence-corrected chi connectivity index (χ0v) is 14.3. The summed E-state index contributed by atoms with van der Waals surface area (Å²) < 4.78 is 27.4. The lowest BCUT2D eigenvalue weighted by atomic mass is 10.1. The fourth-order valence-corrected chi connectivity index (χ4v) is 3.05. The molecule has 1 fully saturated rings. The predicted molar refractivity (Wildman–Crippen MR) is 83.1 cm³/mol. The first kappa shape index (κ1) is 17.8. The van der Waals surface area contributed by atoms with Crippen LogP contribution in [0.2, 0.25) is 0 Å². The van der Waals surface area contributed by atoms with Crippen LogP contribution in [0.25, 0.3) is 0 Å². The minimum absolute atomic E-state index is 0.0430. The van der Waals surface area contributed by atoms with Crippen LogP contribution in [0.4, 0.5) is 0 Å². The van der Waals surface area contributed by atoms with Gasteiger partial charge in [-0.2, -0.15) is 0 Å². The van der Waals surface area contributed by atoms with Crippen molar-refractivity contribution in [1.82, 2.24) is 10.2 Å². The van der Waals surface area contributed by atoms with E-state index < -0.39 is 26.2 Å². The summed E-state index contributed by atoms with van der Waals surface area (Å²) in [4.78, 5) is 10.9. The van der Waals surface area contributed by atoms with Crippen LogP contribution < -0.4 is 5.32 Å². The van der Waals surface area contributed by atoms with E-state index in [1.165, 1.54) is 0 Å². The molecule has 10 heteroatoms. The second-order valence-corrected chi connectivity index (χ2v) is 7.62. The molecule has 1 saturated heterocycles. The Labute approximate surface area is 134 Å². The number of hydrogen-bond acceptors (Lipinski definition) is 6. The van der Waals surface area contributed by atoms with Crippen molar-refractivity contribution in [3.8, 4) is 0 Å². The molecule has 0 saturated carbocycles. The van der Waals surface area contributed by atoms with Crippen LogP contribution in [0.3, 0.4) is 0 Å². The summed E-state index contributed by atoms with van der Waals surface area (Å²) in [6.07, 6.45) is 0.296. The second-order valence-electron chi connectivity index (χ2n) is 5.37. The highest BCUT2D eigenvalue weighted by Crippen LogP contribution is 2.38. The van der Waals surface area contributed by atoms with Crippen molar-refractivity contribution in [1.29, 1.82) is 0 Å². The minimum Gasteiger partial charge on any atom is -0.378 e. The van der Waals surface area contributed by atoms with Crippen LogP contribution in [0.1, 0.15) is 13.3 Å². The highest BCUT2D eigenvalue weighted by atomic mass is 32.1. The Hall–Kier alpha value is -0.540. The molecule has 2 aliphatic heterocycles.